The molecule has 33 heavy (non-hydrogen) atoms. The number of aliphatic hydroxyl groups excluding tert-OH is 1. The second-order valence-electron chi connectivity index (χ2n) is 13.5. The van der Waals surface area contributed by atoms with Crippen LogP contribution in [0.2, 0.25) is 0 Å². The van der Waals surface area contributed by atoms with Crippen molar-refractivity contribution in [1.29, 1.82) is 0 Å². The molecule has 4 heteroatoms. The number of carbonyl (C=O) groups excluding carboxylic acids is 1. The predicted octanol–water partition coefficient (Wildman–Crippen LogP) is 4.89. The number of carbonyl (C=O) groups is 1. The number of likely N-dealkylation sites (tertiary alicyclic amines) is 2. The molecule has 2 heterocycles. The van der Waals surface area contributed by atoms with Crippen LogP contribution in [0.4, 0.5) is 0 Å². The molecule has 6 rings (SSSR count). The zero-order valence-corrected chi connectivity index (χ0v) is 21.3. The molecule has 4 saturated carbocycles. The van der Waals surface area contributed by atoms with Gasteiger partial charge in [0.15, 0.2) is 5.78 Å². The van der Waals surface area contributed by atoms with Crippen molar-refractivity contribution in [1.82, 2.24) is 9.80 Å². The second kappa shape index (κ2) is 8.59. The number of hydrogen-bond acceptors (Lipinski definition) is 4. The van der Waals surface area contributed by atoms with Gasteiger partial charge in [-0.1, -0.05) is 26.7 Å². The average Bonchev–Trinajstić information content (AvgIpc) is 3.11. The summed E-state index contributed by atoms with van der Waals surface area (Å²) in [6, 6.07) is 0.573. The number of Topliss-reactive ketones (excluding diaryl/α,β-unsaturated/α-hetero) is 1. The lowest BCUT2D eigenvalue weighted by Gasteiger charge is -2.62. The third-order valence-corrected chi connectivity index (χ3v) is 12.1. The fraction of sp³-hybridized carbons (Fsp3) is 0.966. The number of nitrogens with zero attached hydrogens (tertiary/aromatic N) is 2. The van der Waals surface area contributed by atoms with E-state index in [-0.39, 0.29) is 17.6 Å². The van der Waals surface area contributed by atoms with Gasteiger partial charge in [-0.2, -0.15) is 0 Å². The molecule has 0 spiro atoms. The van der Waals surface area contributed by atoms with E-state index in [4.69, 9.17) is 0 Å². The van der Waals surface area contributed by atoms with E-state index in [0.717, 1.165) is 44.2 Å². The van der Waals surface area contributed by atoms with E-state index in [9.17, 15) is 9.90 Å². The first-order chi connectivity index (χ1) is 15.9. The summed E-state index contributed by atoms with van der Waals surface area (Å²) < 4.78 is 0. The van der Waals surface area contributed by atoms with E-state index in [1.807, 2.05) is 0 Å². The largest absolute Gasteiger partial charge is 0.391 e. The molecule has 6 fully saturated rings. The van der Waals surface area contributed by atoms with Gasteiger partial charge in [-0.3, -0.25) is 14.6 Å². The number of ketones is 1. The molecule has 2 unspecified atom stereocenters. The fourth-order valence-electron chi connectivity index (χ4n) is 10.2. The van der Waals surface area contributed by atoms with Gasteiger partial charge in [0.25, 0.3) is 0 Å². The van der Waals surface area contributed by atoms with Crippen molar-refractivity contribution < 1.29 is 9.90 Å². The van der Waals surface area contributed by atoms with Gasteiger partial charge in [-0.15, -0.1) is 0 Å². The SMILES string of the molecule is C[C@]12CCC3[C@@H](CC[C@H]4C[C@H](O)[C@@H](N5CCCCC5)C[C@]34C)C1C[C@H](N1CCCCC1)C2=O. The lowest BCUT2D eigenvalue weighted by Crippen LogP contribution is -2.60. The Morgan fingerprint density at radius 3 is 2.18 bits per heavy atom. The molecule has 1 N–H and O–H groups in total. The summed E-state index contributed by atoms with van der Waals surface area (Å²) in [5.74, 6) is 3.34. The summed E-state index contributed by atoms with van der Waals surface area (Å²) in [6.45, 7) is 9.62. The molecule has 6 aliphatic rings. The first-order valence-electron chi connectivity index (χ1n) is 14.6. The van der Waals surface area contributed by atoms with Crippen molar-refractivity contribution in [3.05, 3.63) is 0 Å². The summed E-state index contributed by atoms with van der Waals surface area (Å²) in [5.41, 5.74) is 0.269. The highest BCUT2D eigenvalue weighted by molar-refractivity contribution is 5.92. The molecule has 0 bridgehead atoms. The van der Waals surface area contributed by atoms with E-state index in [2.05, 4.69) is 23.6 Å². The van der Waals surface area contributed by atoms with Crippen molar-refractivity contribution in [2.24, 2.45) is 34.5 Å². The Balaban J connectivity index is 1.24. The number of piperidine rings is 2. The van der Waals surface area contributed by atoms with Crippen molar-refractivity contribution in [3.8, 4) is 0 Å². The van der Waals surface area contributed by atoms with Crippen LogP contribution in [0, 0.1) is 34.5 Å². The number of aliphatic hydroxyl groups is 1. The summed E-state index contributed by atoms with van der Waals surface area (Å²) in [4.78, 5) is 19.0. The van der Waals surface area contributed by atoms with Crippen LogP contribution in [0.1, 0.15) is 97.3 Å². The van der Waals surface area contributed by atoms with E-state index in [1.54, 1.807) is 0 Å². The van der Waals surface area contributed by atoms with Crippen molar-refractivity contribution >= 4 is 5.78 Å². The molecule has 0 amide bonds. The Morgan fingerprint density at radius 2 is 1.48 bits per heavy atom. The van der Waals surface area contributed by atoms with Gasteiger partial charge >= 0.3 is 0 Å². The highest BCUT2D eigenvalue weighted by Gasteiger charge is 2.63. The van der Waals surface area contributed by atoms with E-state index >= 15 is 0 Å². The standard InChI is InChI=1S/C29H48N2O2/c1-28-12-11-22-21(23(28)18-24(27(28)33)30-13-5-3-6-14-30)10-9-20-17-26(32)25(19-29(20,22)2)31-15-7-4-8-16-31/h20-26,32H,3-19H2,1-2H3/t20-,21+,22?,23?,24-,25-,26-,28-,29-/m0/s1. The van der Waals surface area contributed by atoms with Crippen LogP contribution in [0.5, 0.6) is 0 Å². The predicted molar refractivity (Wildman–Crippen MR) is 132 cm³/mol. The van der Waals surface area contributed by atoms with Gasteiger partial charge in [-0.25, -0.2) is 0 Å². The van der Waals surface area contributed by atoms with Gasteiger partial charge < -0.3 is 5.11 Å². The van der Waals surface area contributed by atoms with Crippen molar-refractivity contribution in [2.75, 3.05) is 26.2 Å². The third-order valence-electron chi connectivity index (χ3n) is 12.1. The minimum absolute atomic E-state index is 0.0765. The van der Waals surface area contributed by atoms with E-state index < -0.39 is 0 Å². The first kappa shape index (κ1) is 23.0. The minimum Gasteiger partial charge on any atom is -0.391 e. The van der Waals surface area contributed by atoms with E-state index in [0.29, 0.717) is 29.1 Å². The van der Waals surface area contributed by atoms with Crippen LogP contribution in [0.25, 0.3) is 0 Å². The quantitative estimate of drug-likeness (QED) is 0.643. The van der Waals surface area contributed by atoms with Crippen LogP contribution >= 0.6 is 0 Å². The molecule has 0 radical (unpaired) electrons. The zero-order chi connectivity index (χ0) is 22.8. The number of fused-ring (bicyclic) bond motifs is 5. The van der Waals surface area contributed by atoms with Gasteiger partial charge in [0.2, 0.25) is 0 Å². The molecule has 4 aliphatic carbocycles. The lowest BCUT2D eigenvalue weighted by atomic mass is 9.44. The number of rotatable bonds is 2. The maximum Gasteiger partial charge on any atom is 0.156 e. The molecular weight excluding hydrogens is 408 g/mol. The smallest absolute Gasteiger partial charge is 0.156 e. The monoisotopic (exact) mass is 456 g/mol. The summed E-state index contributed by atoms with van der Waals surface area (Å²) in [6.07, 6.45) is 16.0. The average molecular weight is 457 g/mol. The summed E-state index contributed by atoms with van der Waals surface area (Å²) in [5, 5.41) is 11.2. The second-order valence-corrected chi connectivity index (χ2v) is 13.5. The van der Waals surface area contributed by atoms with Gasteiger partial charge in [0.05, 0.1) is 12.1 Å². The van der Waals surface area contributed by atoms with Crippen LogP contribution < -0.4 is 0 Å². The molecule has 0 aromatic carbocycles. The Labute approximate surface area is 201 Å². The summed E-state index contributed by atoms with van der Waals surface area (Å²) in [7, 11) is 0. The summed E-state index contributed by atoms with van der Waals surface area (Å²) >= 11 is 0. The minimum atomic E-state index is -0.136. The van der Waals surface area contributed by atoms with Crippen LogP contribution in [0.3, 0.4) is 0 Å². The molecule has 186 valence electrons. The van der Waals surface area contributed by atoms with Gasteiger partial charge in [-0.05, 0) is 126 Å². The topological polar surface area (TPSA) is 43.8 Å². The molecule has 4 nitrogen and oxygen atoms in total. The fourth-order valence-corrected chi connectivity index (χ4v) is 10.2. The maximum atomic E-state index is 13.8. The Bertz CT molecular complexity index is 744. The van der Waals surface area contributed by atoms with E-state index in [1.165, 1.54) is 77.3 Å². The molecular formula is C29H48N2O2. The van der Waals surface area contributed by atoms with Crippen molar-refractivity contribution in [2.45, 2.75) is 116 Å². The first-order valence-corrected chi connectivity index (χ1v) is 14.6. The molecule has 2 saturated heterocycles. The van der Waals surface area contributed by atoms with Crippen LogP contribution in [-0.2, 0) is 4.79 Å². The third kappa shape index (κ3) is 3.59. The molecule has 0 aromatic heterocycles. The maximum absolute atomic E-state index is 13.8. The Kier molecular flexibility index (Phi) is 5.98. The highest BCUT2D eigenvalue weighted by atomic mass is 16.3. The molecule has 2 aliphatic heterocycles. The van der Waals surface area contributed by atoms with Gasteiger partial charge in [0.1, 0.15) is 0 Å². The van der Waals surface area contributed by atoms with Gasteiger partial charge in [0, 0.05) is 11.5 Å². The highest BCUT2D eigenvalue weighted by Crippen LogP contribution is 2.66. The normalized spacial score (nSPS) is 51.6. The lowest BCUT2D eigenvalue weighted by molar-refractivity contribution is -0.153. The Morgan fingerprint density at radius 1 is 0.818 bits per heavy atom. The zero-order valence-electron chi connectivity index (χ0n) is 21.3. The van der Waals surface area contributed by atoms with Crippen molar-refractivity contribution in [3.63, 3.8) is 0 Å². The Hall–Kier alpha value is -0.450. The van der Waals surface area contributed by atoms with Crippen LogP contribution in [-0.4, -0.2) is 65.1 Å². The molecule has 9 atom stereocenters. The molecule has 0 aromatic rings. The number of hydrogen-bond donors (Lipinski definition) is 1. The van der Waals surface area contributed by atoms with Crippen LogP contribution in [0.15, 0.2) is 0 Å².